The Balaban J connectivity index is 1.69. The molecule has 1 N–H and O–H groups in total. The molecule has 0 unspecified atom stereocenters. The van der Waals surface area contributed by atoms with E-state index >= 15 is 0 Å². The van der Waals surface area contributed by atoms with Gasteiger partial charge in [0.15, 0.2) is 0 Å². The van der Waals surface area contributed by atoms with Crippen LogP contribution in [-0.4, -0.2) is 18.8 Å². The molecule has 0 bridgehead atoms. The van der Waals surface area contributed by atoms with Gasteiger partial charge in [0, 0.05) is 18.6 Å². The van der Waals surface area contributed by atoms with Crippen molar-refractivity contribution in [2.75, 3.05) is 13.2 Å². The summed E-state index contributed by atoms with van der Waals surface area (Å²) >= 11 is 0. The predicted octanol–water partition coefficient (Wildman–Crippen LogP) is 5.00. The van der Waals surface area contributed by atoms with Crippen LogP contribution < -0.4 is 5.32 Å². The van der Waals surface area contributed by atoms with Gasteiger partial charge in [-0.2, -0.15) is 0 Å². The zero-order valence-electron chi connectivity index (χ0n) is 15.8. The number of hydrogen-bond acceptors (Lipinski definition) is 2. The summed E-state index contributed by atoms with van der Waals surface area (Å²) in [5.41, 5.74) is 4.30. The largest absolute Gasteiger partial charge is 0.376 e. The molecule has 134 valence electrons. The summed E-state index contributed by atoms with van der Waals surface area (Å²) in [5.74, 6) is 0. The third kappa shape index (κ3) is 4.71. The number of nitrogens with one attached hydrogen (secondary N) is 1. The molecule has 2 aromatic rings. The third-order valence-corrected chi connectivity index (χ3v) is 5.45. The van der Waals surface area contributed by atoms with Crippen LogP contribution in [0.25, 0.3) is 0 Å². The Hall–Kier alpha value is -1.64. The maximum atomic E-state index is 6.02. The van der Waals surface area contributed by atoms with Gasteiger partial charge in [-0.25, -0.2) is 0 Å². The molecule has 1 saturated heterocycles. The smallest absolute Gasteiger partial charge is 0.0635 e. The highest BCUT2D eigenvalue weighted by atomic mass is 16.5. The van der Waals surface area contributed by atoms with E-state index in [1.54, 1.807) is 0 Å². The minimum atomic E-state index is -0.0530. The van der Waals surface area contributed by atoms with Gasteiger partial charge in [-0.3, -0.25) is 0 Å². The first-order valence-corrected chi connectivity index (χ1v) is 9.45. The van der Waals surface area contributed by atoms with E-state index in [9.17, 15) is 0 Å². The fourth-order valence-electron chi connectivity index (χ4n) is 4.14. The van der Waals surface area contributed by atoms with Crippen molar-refractivity contribution in [2.45, 2.75) is 57.6 Å². The van der Waals surface area contributed by atoms with Crippen molar-refractivity contribution >= 4 is 0 Å². The van der Waals surface area contributed by atoms with Crippen LogP contribution in [0.5, 0.6) is 0 Å². The molecule has 0 saturated carbocycles. The topological polar surface area (TPSA) is 21.3 Å². The fourth-order valence-corrected chi connectivity index (χ4v) is 4.14. The Morgan fingerprint density at radius 3 is 2.40 bits per heavy atom. The van der Waals surface area contributed by atoms with Gasteiger partial charge >= 0.3 is 0 Å². The second kappa shape index (κ2) is 7.72. The van der Waals surface area contributed by atoms with Gasteiger partial charge in [-0.05, 0) is 57.7 Å². The van der Waals surface area contributed by atoms with Gasteiger partial charge in [0.1, 0.15) is 0 Å². The molecule has 1 atom stereocenters. The van der Waals surface area contributed by atoms with Crippen molar-refractivity contribution in [3.05, 3.63) is 71.3 Å². The molecular weight excluding hydrogens is 306 g/mol. The van der Waals surface area contributed by atoms with Crippen molar-refractivity contribution in [3.8, 4) is 0 Å². The van der Waals surface area contributed by atoms with Gasteiger partial charge in [-0.15, -0.1) is 0 Å². The van der Waals surface area contributed by atoms with E-state index in [1.165, 1.54) is 16.7 Å². The summed E-state index contributed by atoms with van der Waals surface area (Å²) in [7, 11) is 0. The first-order valence-electron chi connectivity index (χ1n) is 9.45. The molecule has 2 aromatic carbocycles. The Bertz CT molecular complexity index is 662. The van der Waals surface area contributed by atoms with Gasteiger partial charge in [0.25, 0.3) is 0 Å². The van der Waals surface area contributed by atoms with Crippen LogP contribution >= 0.6 is 0 Å². The minimum absolute atomic E-state index is 0.0530. The summed E-state index contributed by atoms with van der Waals surface area (Å²) in [6.07, 6.45) is 3.33. The van der Waals surface area contributed by atoms with E-state index in [0.29, 0.717) is 0 Å². The lowest BCUT2D eigenvalue weighted by atomic mass is 9.67. The molecule has 0 spiro atoms. The quantitative estimate of drug-likeness (QED) is 0.749. The zero-order valence-corrected chi connectivity index (χ0v) is 15.8. The molecule has 0 aromatic heterocycles. The second-order valence-corrected chi connectivity index (χ2v) is 8.09. The highest BCUT2D eigenvalue weighted by molar-refractivity contribution is 5.30. The monoisotopic (exact) mass is 337 g/mol. The average Bonchev–Trinajstić information content (AvgIpc) is 2.59. The standard InChI is InChI=1S/C23H31NO/c1-19-9-11-21(12-10-19)23(14-16-25-22(2,3)18-23)13-15-24-17-20-7-5-4-6-8-20/h4-12,24H,13-18H2,1-3H3/t23-/m1/s1. The van der Waals surface area contributed by atoms with Gasteiger partial charge in [0.05, 0.1) is 5.60 Å². The minimum Gasteiger partial charge on any atom is -0.376 e. The van der Waals surface area contributed by atoms with E-state index in [4.69, 9.17) is 4.74 Å². The molecule has 0 amide bonds. The average molecular weight is 338 g/mol. The maximum Gasteiger partial charge on any atom is 0.0635 e. The summed E-state index contributed by atoms with van der Waals surface area (Å²) in [4.78, 5) is 0. The van der Waals surface area contributed by atoms with Crippen LogP contribution in [0.2, 0.25) is 0 Å². The van der Waals surface area contributed by atoms with Crippen LogP contribution in [0, 0.1) is 6.92 Å². The Kier molecular flexibility index (Phi) is 5.61. The molecule has 2 nitrogen and oxygen atoms in total. The summed E-state index contributed by atoms with van der Waals surface area (Å²) < 4.78 is 6.02. The van der Waals surface area contributed by atoms with Crippen LogP contribution in [0.15, 0.2) is 54.6 Å². The molecule has 3 rings (SSSR count). The van der Waals surface area contributed by atoms with Crippen LogP contribution in [0.1, 0.15) is 49.8 Å². The lowest BCUT2D eigenvalue weighted by molar-refractivity contribution is -0.0840. The van der Waals surface area contributed by atoms with E-state index in [1.807, 2.05) is 0 Å². The molecule has 1 heterocycles. The highest BCUT2D eigenvalue weighted by Crippen LogP contribution is 2.43. The fraction of sp³-hybridized carbons (Fsp3) is 0.478. The Labute approximate surface area is 152 Å². The molecule has 0 radical (unpaired) electrons. The van der Waals surface area contributed by atoms with E-state index in [2.05, 4.69) is 80.7 Å². The van der Waals surface area contributed by atoms with Crippen molar-refractivity contribution in [2.24, 2.45) is 0 Å². The molecule has 25 heavy (non-hydrogen) atoms. The van der Waals surface area contributed by atoms with Crippen LogP contribution in [0.4, 0.5) is 0 Å². The van der Waals surface area contributed by atoms with Crippen molar-refractivity contribution in [1.82, 2.24) is 5.32 Å². The molecule has 1 fully saturated rings. The summed E-state index contributed by atoms with van der Waals surface area (Å²) in [6, 6.07) is 19.8. The third-order valence-electron chi connectivity index (χ3n) is 5.45. The Morgan fingerprint density at radius 2 is 1.72 bits per heavy atom. The van der Waals surface area contributed by atoms with Crippen molar-refractivity contribution < 1.29 is 4.74 Å². The molecule has 1 aliphatic heterocycles. The lowest BCUT2D eigenvalue weighted by Crippen LogP contribution is -2.45. The van der Waals surface area contributed by atoms with Crippen molar-refractivity contribution in [3.63, 3.8) is 0 Å². The first-order chi connectivity index (χ1) is 12.0. The van der Waals surface area contributed by atoms with Crippen LogP contribution in [0.3, 0.4) is 0 Å². The lowest BCUT2D eigenvalue weighted by Gasteiger charge is -2.45. The molecule has 2 heteroatoms. The summed E-state index contributed by atoms with van der Waals surface area (Å²) in [5, 5.41) is 3.64. The van der Waals surface area contributed by atoms with E-state index < -0.39 is 0 Å². The normalized spacial score (nSPS) is 22.7. The van der Waals surface area contributed by atoms with Gasteiger partial charge < -0.3 is 10.1 Å². The molecule has 1 aliphatic rings. The molecule has 0 aliphatic carbocycles. The van der Waals surface area contributed by atoms with Gasteiger partial charge in [0.2, 0.25) is 0 Å². The van der Waals surface area contributed by atoms with Crippen molar-refractivity contribution in [1.29, 1.82) is 0 Å². The van der Waals surface area contributed by atoms with E-state index in [0.717, 1.165) is 39.0 Å². The van der Waals surface area contributed by atoms with Crippen LogP contribution in [-0.2, 0) is 16.7 Å². The maximum absolute atomic E-state index is 6.02. The second-order valence-electron chi connectivity index (χ2n) is 8.09. The number of aryl methyl sites for hydroxylation is 1. The number of benzene rings is 2. The number of rotatable bonds is 6. The SMILES string of the molecule is Cc1ccc([C@]2(CCNCc3ccccc3)CCOC(C)(C)C2)cc1. The number of ether oxygens (including phenoxy) is 1. The Morgan fingerprint density at radius 1 is 1.00 bits per heavy atom. The zero-order chi connectivity index (χ0) is 17.8. The highest BCUT2D eigenvalue weighted by Gasteiger charge is 2.41. The first kappa shape index (κ1) is 18.2. The molecular formula is C23H31NO. The van der Waals surface area contributed by atoms with Gasteiger partial charge in [-0.1, -0.05) is 60.2 Å². The predicted molar refractivity (Wildman–Crippen MR) is 105 cm³/mol. The summed E-state index contributed by atoms with van der Waals surface area (Å²) in [6.45, 7) is 9.42. The van der Waals surface area contributed by atoms with E-state index in [-0.39, 0.29) is 11.0 Å². The number of hydrogen-bond donors (Lipinski definition) is 1.